The molecule has 0 aliphatic carbocycles. The van der Waals surface area contributed by atoms with Crippen molar-refractivity contribution in [3.63, 3.8) is 0 Å². The van der Waals surface area contributed by atoms with Gasteiger partial charge in [-0.2, -0.15) is 0 Å². The Labute approximate surface area is 189 Å². The highest BCUT2D eigenvalue weighted by molar-refractivity contribution is 14.0. The summed E-state index contributed by atoms with van der Waals surface area (Å²) in [6.45, 7) is 14.3. The van der Waals surface area contributed by atoms with Crippen LogP contribution in [0, 0.1) is 11.8 Å². The summed E-state index contributed by atoms with van der Waals surface area (Å²) in [4.78, 5) is 7.25. The van der Waals surface area contributed by atoms with Crippen LogP contribution >= 0.6 is 24.0 Å². The van der Waals surface area contributed by atoms with E-state index < -0.39 is 0 Å². The molecule has 0 saturated carbocycles. The van der Waals surface area contributed by atoms with Crippen LogP contribution in [0.25, 0.3) is 0 Å². The molecular weight excluding hydrogens is 467 g/mol. The number of hydrogen-bond acceptors (Lipinski definition) is 4. The fraction of sp³-hybridized carbons (Fsp3) is 0.952. The maximum absolute atomic E-state index is 5.82. The third-order valence-corrected chi connectivity index (χ3v) is 5.75. The molecule has 0 spiro atoms. The first-order valence-corrected chi connectivity index (χ1v) is 11.2. The van der Waals surface area contributed by atoms with Crippen LogP contribution in [0.1, 0.15) is 52.4 Å². The Kier molecular flexibility index (Phi) is 15.4. The third kappa shape index (κ3) is 11.2. The van der Waals surface area contributed by atoms with Crippen molar-refractivity contribution >= 4 is 29.9 Å². The summed E-state index contributed by atoms with van der Waals surface area (Å²) < 4.78 is 11.2. The minimum absolute atomic E-state index is 0. The Morgan fingerprint density at radius 1 is 1.07 bits per heavy atom. The van der Waals surface area contributed by atoms with Gasteiger partial charge in [0.05, 0.1) is 0 Å². The van der Waals surface area contributed by atoms with E-state index in [0.29, 0.717) is 5.92 Å². The molecule has 28 heavy (non-hydrogen) atoms. The molecule has 2 fully saturated rings. The summed E-state index contributed by atoms with van der Waals surface area (Å²) in [6.07, 6.45) is 7.20. The van der Waals surface area contributed by atoms with Crippen molar-refractivity contribution in [1.82, 2.24) is 15.5 Å². The fourth-order valence-corrected chi connectivity index (χ4v) is 3.85. The second kappa shape index (κ2) is 16.7. The predicted molar refractivity (Wildman–Crippen MR) is 128 cm³/mol. The lowest BCUT2D eigenvalue weighted by molar-refractivity contribution is 0.0205. The van der Waals surface area contributed by atoms with E-state index in [1.54, 1.807) is 0 Å². The number of nitrogens with zero attached hydrogens (tertiary/aromatic N) is 2. The van der Waals surface area contributed by atoms with Gasteiger partial charge in [-0.05, 0) is 76.9 Å². The van der Waals surface area contributed by atoms with Gasteiger partial charge in [0.25, 0.3) is 0 Å². The van der Waals surface area contributed by atoms with Crippen molar-refractivity contribution in [2.45, 2.75) is 52.4 Å². The van der Waals surface area contributed by atoms with Crippen LogP contribution in [0.4, 0.5) is 0 Å². The van der Waals surface area contributed by atoms with Gasteiger partial charge in [-0.25, -0.2) is 0 Å². The van der Waals surface area contributed by atoms with E-state index in [-0.39, 0.29) is 24.0 Å². The number of piperidine rings is 1. The molecular formula is C21H43IN4O2. The lowest BCUT2D eigenvalue weighted by atomic mass is 9.93. The summed E-state index contributed by atoms with van der Waals surface area (Å²) in [6, 6.07) is 0. The molecule has 0 aromatic carbocycles. The molecule has 0 amide bonds. The van der Waals surface area contributed by atoms with Gasteiger partial charge in [0.15, 0.2) is 5.96 Å². The minimum Gasteiger partial charge on any atom is -0.381 e. The van der Waals surface area contributed by atoms with Crippen molar-refractivity contribution in [3.8, 4) is 0 Å². The monoisotopic (exact) mass is 510 g/mol. The maximum Gasteiger partial charge on any atom is 0.191 e. The highest BCUT2D eigenvalue weighted by Crippen LogP contribution is 2.19. The van der Waals surface area contributed by atoms with Gasteiger partial charge in [-0.1, -0.05) is 6.92 Å². The average molecular weight is 511 g/mol. The van der Waals surface area contributed by atoms with Gasteiger partial charge >= 0.3 is 0 Å². The molecule has 166 valence electrons. The molecule has 0 aromatic rings. The summed E-state index contributed by atoms with van der Waals surface area (Å²) in [7, 11) is 0. The lowest BCUT2D eigenvalue weighted by Crippen LogP contribution is -2.39. The Morgan fingerprint density at radius 3 is 2.50 bits per heavy atom. The molecule has 7 heteroatoms. The molecule has 6 nitrogen and oxygen atoms in total. The van der Waals surface area contributed by atoms with E-state index in [4.69, 9.17) is 14.5 Å². The molecule has 2 N–H and O–H groups in total. The summed E-state index contributed by atoms with van der Waals surface area (Å²) >= 11 is 0. The SMILES string of the molecule is CCNC(=NCCCOCC1CCOCC1)NCCC1CCN(CC)CC1.I. The molecule has 0 bridgehead atoms. The molecule has 0 unspecified atom stereocenters. The zero-order valence-corrected chi connectivity index (χ0v) is 20.4. The number of hydrogen-bond donors (Lipinski definition) is 2. The van der Waals surface area contributed by atoms with Crippen LogP contribution in [0.5, 0.6) is 0 Å². The van der Waals surface area contributed by atoms with E-state index in [9.17, 15) is 0 Å². The summed E-state index contributed by atoms with van der Waals surface area (Å²) in [5, 5.41) is 6.86. The van der Waals surface area contributed by atoms with Gasteiger partial charge in [0, 0.05) is 46.1 Å². The van der Waals surface area contributed by atoms with Gasteiger partial charge in [-0.15, -0.1) is 24.0 Å². The molecule has 2 aliphatic heterocycles. The fourth-order valence-electron chi connectivity index (χ4n) is 3.85. The zero-order valence-electron chi connectivity index (χ0n) is 18.1. The number of guanidine groups is 1. The second-order valence-corrected chi connectivity index (χ2v) is 7.84. The number of ether oxygens (including phenoxy) is 2. The van der Waals surface area contributed by atoms with Crippen LogP contribution in [0.15, 0.2) is 4.99 Å². The van der Waals surface area contributed by atoms with E-state index in [1.807, 2.05) is 0 Å². The van der Waals surface area contributed by atoms with Gasteiger partial charge in [-0.3, -0.25) is 4.99 Å². The number of aliphatic imine (C=N–C) groups is 1. The molecule has 0 atom stereocenters. The third-order valence-electron chi connectivity index (χ3n) is 5.75. The normalized spacial score (nSPS) is 20.0. The van der Waals surface area contributed by atoms with E-state index in [0.717, 1.165) is 77.2 Å². The maximum atomic E-state index is 5.82. The quantitative estimate of drug-likeness (QED) is 0.194. The number of likely N-dealkylation sites (tertiary alicyclic amines) is 1. The number of halogens is 1. The predicted octanol–water partition coefficient (Wildman–Crippen LogP) is 3.11. The Morgan fingerprint density at radius 2 is 1.82 bits per heavy atom. The smallest absolute Gasteiger partial charge is 0.191 e. The highest BCUT2D eigenvalue weighted by atomic mass is 127. The largest absolute Gasteiger partial charge is 0.381 e. The first kappa shape index (κ1) is 25.9. The highest BCUT2D eigenvalue weighted by Gasteiger charge is 2.17. The van der Waals surface area contributed by atoms with Gasteiger partial charge in [0.1, 0.15) is 0 Å². The standard InChI is InChI=1S/C21H42N4O2.HI/c1-3-22-21(24-12-6-19-7-13-25(4-2)14-8-19)23-11-5-15-27-18-20-9-16-26-17-10-20;/h19-20H,3-18H2,1-2H3,(H2,22,23,24);1H. The van der Waals surface area contributed by atoms with E-state index >= 15 is 0 Å². The van der Waals surface area contributed by atoms with E-state index in [1.165, 1.54) is 38.9 Å². The van der Waals surface area contributed by atoms with Gasteiger partial charge in [0.2, 0.25) is 0 Å². The molecule has 2 saturated heterocycles. The van der Waals surface area contributed by atoms with Gasteiger partial charge < -0.3 is 25.0 Å². The molecule has 0 radical (unpaired) electrons. The Bertz CT molecular complexity index is 398. The molecule has 2 aliphatic rings. The summed E-state index contributed by atoms with van der Waals surface area (Å²) in [5.74, 6) is 2.50. The van der Waals surface area contributed by atoms with Crippen molar-refractivity contribution in [2.75, 3.05) is 65.7 Å². The number of rotatable bonds is 11. The zero-order chi connectivity index (χ0) is 19.2. The van der Waals surface area contributed by atoms with Crippen LogP contribution in [0.2, 0.25) is 0 Å². The Hall–Kier alpha value is -0.120. The van der Waals surface area contributed by atoms with Crippen molar-refractivity contribution < 1.29 is 9.47 Å². The van der Waals surface area contributed by atoms with Crippen molar-refractivity contribution in [1.29, 1.82) is 0 Å². The van der Waals surface area contributed by atoms with Crippen molar-refractivity contribution in [2.24, 2.45) is 16.8 Å². The summed E-state index contributed by atoms with van der Waals surface area (Å²) in [5.41, 5.74) is 0. The van der Waals surface area contributed by atoms with Crippen LogP contribution in [0.3, 0.4) is 0 Å². The molecule has 2 heterocycles. The molecule has 0 aromatic heterocycles. The lowest BCUT2D eigenvalue weighted by Gasteiger charge is -2.31. The minimum atomic E-state index is 0. The second-order valence-electron chi connectivity index (χ2n) is 7.84. The number of nitrogens with one attached hydrogen (secondary N) is 2. The van der Waals surface area contributed by atoms with Crippen LogP contribution in [-0.4, -0.2) is 76.6 Å². The van der Waals surface area contributed by atoms with E-state index in [2.05, 4.69) is 29.4 Å². The topological polar surface area (TPSA) is 58.1 Å². The first-order chi connectivity index (χ1) is 13.3. The first-order valence-electron chi connectivity index (χ1n) is 11.2. The average Bonchev–Trinajstić information content (AvgIpc) is 2.71. The Balaban J connectivity index is 0.00000392. The van der Waals surface area contributed by atoms with Crippen molar-refractivity contribution in [3.05, 3.63) is 0 Å². The van der Waals surface area contributed by atoms with Crippen LogP contribution < -0.4 is 10.6 Å². The molecule has 2 rings (SSSR count). The van der Waals surface area contributed by atoms with Crippen LogP contribution in [-0.2, 0) is 9.47 Å².